The monoisotopic (exact) mass is 268 g/mol. The van der Waals surface area contributed by atoms with Gasteiger partial charge in [-0.2, -0.15) is 0 Å². The van der Waals surface area contributed by atoms with Crippen molar-refractivity contribution >= 4 is 11.5 Å². The van der Waals surface area contributed by atoms with Crippen LogP contribution in [0.2, 0.25) is 0 Å². The van der Waals surface area contributed by atoms with Crippen molar-refractivity contribution in [2.45, 2.75) is 34.1 Å². The number of benzene rings is 1. The van der Waals surface area contributed by atoms with Gasteiger partial charge in [0.2, 0.25) is 0 Å². The summed E-state index contributed by atoms with van der Waals surface area (Å²) >= 11 is 0. The number of ketones is 1. The van der Waals surface area contributed by atoms with E-state index in [0.717, 1.165) is 28.8 Å². The van der Waals surface area contributed by atoms with Crippen molar-refractivity contribution in [3.8, 4) is 0 Å². The molecule has 0 saturated heterocycles. The van der Waals surface area contributed by atoms with Gasteiger partial charge in [0, 0.05) is 6.92 Å². The number of carbonyl (C=O) groups is 1. The van der Waals surface area contributed by atoms with Gasteiger partial charge in [0.15, 0.2) is 5.78 Å². The van der Waals surface area contributed by atoms with E-state index in [1.807, 2.05) is 51.1 Å². The molecule has 1 N–H and O–H groups in total. The zero-order valence-corrected chi connectivity index (χ0v) is 12.4. The Kier molecular flexibility index (Phi) is 4.18. The van der Waals surface area contributed by atoms with Gasteiger partial charge >= 0.3 is 0 Å². The van der Waals surface area contributed by atoms with Crippen LogP contribution in [0.1, 0.15) is 41.0 Å². The summed E-state index contributed by atoms with van der Waals surface area (Å²) in [5, 5.41) is 0. The maximum atomic E-state index is 11.7. The number of rotatable bonds is 3. The smallest absolute Gasteiger partial charge is 0.176 e. The molecule has 3 heteroatoms. The maximum absolute atomic E-state index is 11.7. The zero-order valence-electron chi connectivity index (χ0n) is 12.4. The summed E-state index contributed by atoms with van der Waals surface area (Å²) in [6, 6.07) is 10.0. The predicted octanol–water partition coefficient (Wildman–Crippen LogP) is 3.63. The second-order valence-corrected chi connectivity index (χ2v) is 5.01. The Morgan fingerprint density at radius 3 is 2.35 bits per heavy atom. The molecule has 0 spiro atoms. The van der Waals surface area contributed by atoms with Gasteiger partial charge in [-0.25, -0.2) is 4.99 Å². The number of hydrogen-bond acceptors (Lipinski definition) is 2. The van der Waals surface area contributed by atoms with Crippen LogP contribution in [0.5, 0.6) is 0 Å². The summed E-state index contributed by atoms with van der Waals surface area (Å²) in [5.41, 5.74) is 5.61. The molecule has 2 aromatic rings. The molecular formula is C17H20N2O. The molecule has 0 saturated carbocycles. The van der Waals surface area contributed by atoms with Crippen molar-refractivity contribution < 1.29 is 4.79 Å². The average Bonchev–Trinajstić information content (AvgIpc) is 2.43. The van der Waals surface area contributed by atoms with Crippen molar-refractivity contribution in [3.63, 3.8) is 0 Å². The molecule has 0 fully saturated rings. The molecule has 3 nitrogen and oxygen atoms in total. The van der Waals surface area contributed by atoms with E-state index in [2.05, 4.69) is 9.98 Å². The van der Waals surface area contributed by atoms with Gasteiger partial charge in [-0.3, -0.25) is 4.79 Å². The lowest BCUT2D eigenvalue weighted by atomic mass is 10.1. The molecule has 0 aliphatic carbocycles. The van der Waals surface area contributed by atoms with E-state index in [-0.39, 0.29) is 5.78 Å². The Balaban J connectivity index is 2.61. The molecule has 0 radical (unpaired) electrons. The Bertz CT molecular complexity index is 691. The number of aromatic amines is 1. The minimum absolute atomic E-state index is 0.0420. The van der Waals surface area contributed by atoms with Crippen molar-refractivity contribution in [2.75, 3.05) is 0 Å². The molecule has 0 aliphatic heterocycles. The second kappa shape index (κ2) is 5.87. The maximum Gasteiger partial charge on any atom is 0.176 e. The minimum Gasteiger partial charge on any atom is -0.337 e. The third-order valence-corrected chi connectivity index (χ3v) is 3.42. The average molecular weight is 268 g/mol. The van der Waals surface area contributed by atoms with Crippen LogP contribution in [-0.2, 0) is 6.42 Å². The van der Waals surface area contributed by atoms with Crippen LogP contribution < -0.4 is 5.49 Å². The van der Waals surface area contributed by atoms with Crippen LogP contribution in [0.25, 0.3) is 0 Å². The SMILES string of the molecule is CCc1ccc(=Nc2c(C)cccc2C)[nH]c1C(C)=O. The van der Waals surface area contributed by atoms with Gasteiger partial charge in [0.05, 0.1) is 11.4 Å². The van der Waals surface area contributed by atoms with E-state index >= 15 is 0 Å². The largest absolute Gasteiger partial charge is 0.337 e. The number of para-hydroxylation sites is 1. The Morgan fingerprint density at radius 1 is 1.15 bits per heavy atom. The molecule has 2 rings (SSSR count). The Morgan fingerprint density at radius 2 is 1.80 bits per heavy atom. The van der Waals surface area contributed by atoms with Crippen molar-refractivity contribution in [2.24, 2.45) is 4.99 Å². The number of aryl methyl sites for hydroxylation is 3. The zero-order chi connectivity index (χ0) is 14.7. The molecule has 1 aromatic heterocycles. The van der Waals surface area contributed by atoms with Crippen LogP contribution in [-0.4, -0.2) is 10.8 Å². The van der Waals surface area contributed by atoms with Crippen LogP contribution >= 0.6 is 0 Å². The highest BCUT2D eigenvalue weighted by Crippen LogP contribution is 2.21. The number of nitrogens with one attached hydrogen (secondary N) is 1. The summed E-state index contributed by atoms with van der Waals surface area (Å²) in [6.07, 6.45) is 0.828. The number of pyridine rings is 1. The molecule has 20 heavy (non-hydrogen) atoms. The van der Waals surface area contributed by atoms with Crippen LogP contribution in [0.15, 0.2) is 35.3 Å². The highest BCUT2D eigenvalue weighted by molar-refractivity contribution is 5.93. The Labute approximate surface area is 119 Å². The lowest BCUT2D eigenvalue weighted by molar-refractivity contribution is 0.101. The third kappa shape index (κ3) is 2.87. The molecule has 0 unspecified atom stereocenters. The predicted molar refractivity (Wildman–Crippen MR) is 81.3 cm³/mol. The fourth-order valence-corrected chi connectivity index (χ4v) is 2.29. The first-order valence-electron chi connectivity index (χ1n) is 6.87. The molecular weight excluding hydrogens is 248 g/mol. The van der Waals surface area contributed by atoms with Gasteiger partial charge in [-0.1, -0.05) is 31.2 Å². The van der Waals surface area contributed by atoms with E-state index in [1.165, 1.54) is 0 Å². The van der Waals surface area contributed by atoms with Crippen LogP contribution in [0, 0.1) is 13.8 Å². The van der Waals surface area contributed by atoms with E-state index in [1.54, 1.807) is 6.92 Å². The molecule has 0 bridgehead atoms. The van der Waals surface area contributed by atoms with Crippen LogP contribution in [0.3, 0.4) is 0 Å². The van der Waals surface area contributed by atoms with Crippen LogP contribution in [0.4, 0.5) is 5.69 Å². The molecule has 0 aliphatic rings. The van der Waals surface area contributed by atoms with E-state index in [0.29, 0.717) is 11.2 Å². The van der Waals surface area contributed by atoms with E-state index in [4.69, 9.17) is 0 Å². The summed E-state index contributed by atoms with van der Waals surface area (Å²) < 4.78 is 0. The quantitative estimate of drug-likeness (QED) is 0.849. The summed E-state index contributed by atoms with van der Waals surface area (Å²) in [5.74, 6) is 0.0420. The van der Waals surface area contributed by atoms with E-state index in [9.17, 15) is 4.79 Å². The van der Waals surface area contributed by atoms with Gasteiger partial charge in [0.1, 0.15) is 5.49 Å². The number of H-pyrrole nitrogens is 1. The lowest BCUT2D eigenvalue weighted by Crippen LogP contribution is -2.14. The number of Topliss-reactive ketones (excluding diaryl/α,β-unsaturated/α-hetero) is 1. The van der Waals surface area contributed by atoms with Crippen molar-refractivity contribution in [1.29, 1.82) is 0 Å². The van der Waals surface area contributed by atoms with Crippen molar-refractivity contribution in [3.05, 3.63) is 58.2 Å². The van der Waals surface area contributed by atoms with Crippen molar-refractivity contribution in [1.82, 2.24) is 4.98 Å². The lowest BCUT2D eigenvalue weighted by Gasteiger charge is -2.06. The number of aromatic nitrogens is 1. The second-order valence-electron chi connectivity index (χ2n) is 5.01. The van der Waals surface area contributed by atoms with Gasteiger partial charge in [-0.15, -0.1) is 0 Å². The number of carbonyl (C=O) groups excluding carboxylic acids is 1. The summed E-state index contributed by atoms with van der Waals surface area (Å²) in [6.45, 7) is 7.70. The topological polar surface area (TPSA) is 45.2 Å². The molecule has 1 aromatic carbocycles. The first kappa shape index (κ1) is 14.3. The minimum atomic E-state index is 0.0420. The van der Waals surface area contributed by atoms with Gasteiger partial charge in [-0.05, 0) is 43.0 Å². The normalized spacial score (nSPS) is 11.7. The highest BCUT2D eigenvalue weighted by atomic mass is 16.1. The Hall–Kier alpha value is -2.16. The van der Waals surface area contributed by atoms with Gasteiger partial charge < -0.3 is 4.98 Å². The third-order valence-electron chi connectivity index (χ3n) is 3.42. The first-order valence-corrected chi connectivity index (χ1v) is 6.87. The standard InChI is InChI=1S/C17H20N2O/c1-5-14-9-10-15(19-17(14)13(4)20)18-16-11(2)7-6-8-12(16)3/h6-10H,5H2,1-4H3,(H,18,19). The first-order chi connectivity index (χ1) is 9.52. The molecule has 0 amide bonds. The summed E-state index contributed by atoms with van der Waals surface area (Å²) in [7, 11) is 0. The highest BCUT2D eigenvalue weighted by Gasteiger charge is 2.06. The molecule has 104 valence electrons. The number of nitrogens with zero attached hydrogens (tertiary/aromatic N) is 1. The van der Waals surface area contributed by atoms with Gasteiger partial charge in [0.25, 0.3) is 0 Å². The fraction of sp³-hybridized carbons (Fsp3) is 0.294. The molecule has 1 heterocycles. The fourth-order valence-electron chi connectivity index (χ4n) is 2.29. The summed E-state index contributed by atoms with van der Waals surface area (Å²) in [4.78, 5) is 19.5. The number of hydrogen-bond donors (Lipinski definition) is 1. The molecule has 0 atom stereocenters. The van der Waals surface area contributed by atoms with E-state index < -0.39 is 0 Å².